The molecular formula is C22H27N3O3. The highest BCUT2D eigenvalue weighted by Crippen LogP contribution is 2.52. The molecule has 1 N–H and O–H groups in total. The lowest BCUT2D eigenvalue weighted by atomic mass is 9.76. The molecule has 1 aliphatic carbocycles. The van der Waals surface area contributed by atoms with Crippen LogP contribution >= 0.6 is 0 Å². The Balaban J connectivity index is 1.33. The Labute approximate surface area is 165 Å². The van der Waals surface area contributed by atoms with Crippen LogP contribution in [0.1, 0.15) is 44.1 Å². The van der Waals surface area contributed by atoms with Gasteiger partial charge in [0, 0.05) is 25.0 Å². The number of carbonyl (C=O) groups excluding carboxylic acids is 2. The number of hydrogen-bond acceptors (Lipinski definition) is 4. The van der Waals surface area contributed by atoms with Crippen molar-refractivity contribution < 1.29 is 14.3 Å². The Bertz CT molecular complexity index is 787. The molecule has 2 saturated heterocycles. The zero-order chi connectivity index (χ0) is 19.1. The number of nitrogens with one attached hydrogen (secondary N) is 1. The number of likely N-dealkylation sites (tertiary alicyclic amines) is 1. The summed E-state index contributed by atoms with van der Waals surface area (Å²) in [4.78, 5) is 32.4. The summed E-state index contributed by atoms with van der Waals surface area (Å²) in [5.41, 5.74) is 0.347. The highest BCUT2D eigenvalue weighted by Gasteiger charge is 2.66. The number of fused-ring (bicyclic) bond motifs is 1. The molecule has 4 atom stereocenters. The highest BCUT2D eigenvalue weighted by atomic mass is 16.5. The van der Waals surface area contributed by atoms with Crippen molar-refractivity contribution in [2.45, 2.75) is 62.8 Å². The molecular weight excluding hydrogens is 354 g/mol. The molecule has 3 fully saturated rings. The second kappa shape index (κ2) is 6.99. The number of amides is 2. The Hall–Kier alpha value is -2.21. The van der Waals surface area contributed by atoms with E-state index in [4.69, 9.17) is 4.74 Å². The van der Waals surface area contributed by atoms with Crippen LogP contribution < -0.4 is 5.32 Å². The van der Waals surface area contributed by atoms with E-state index in [1.165, 1.54) is 25.7 Å². The highest BCUT2D eigenvalue weighted by molar-refractivity contribution is 5.93. The van der Waals surface area contributed by atoms with Gasteiger partial charge in [0.1, 0.15) is 5.60 Å². The summed E-state index contributed by atoms with van der Waals surface area (Å²) in [6.07, 6.45) is 14.1. The lowest BCUT2D eigenvalue weighted by Gasteiger charge is -2.26. The van der Waals surface area contributed by atoms with Gasteiger partial charge >= 0.3 is 0 Å². The van der Waals surface area contributed by atoms with Gasteiger partial charge in [-0.15, -0.1) is 0 Å². The molecule has 2 amide bonds. The fourth-order valence-electron chi connectivity index (χ4n) is 5.44. The third kappa shape index (κ3) is 2.94. The molecule has 148 valence electrons. The fourth-order valence-corrected chi connectivity index (χ4v) is 5.44. The maximum Gasteiger partial charge on any atom is 0.230 e. The predicted molar refractivity (Wildman–Crippen MR) is 103 cm³/mol. The van der Waals surface area contributed by atoms with Crippen molar-refractivity contribution in [2.24, 2.45) is 11.8 Å². The van der Waals surface area contributed by atoms with Crippen LogP contribution in [0.25, 0.3) is 0 Å². The molecule has 1 spiro atoms. The van der Waals surface area contributed by atoms with Crippen molar-refractivity contribution in [3.05, 3.63) is 42.2 Å². The van der Waals surface area contributed by atoms with Crippen molar-refractivity contribution >= 4 is 11.8 Å². The molecule has 0 radical (unpaired) electrons. The Morgan fingerprint density at radius 3 is 2.86 bits per heavy atom. The van der Waals surface area contributed by atoms with Crippen LogP contribution in [0.4, 0.5) is 0 Å². The fraction of sp³-hybridized carbons (Fsp3) is 0.591. The third-order valence-electron chi connectivity index (χ3n) is 6.78. The van der Waals surface area contributed by atoms with E-state index >= 15 is 0 Å². The van der Waals surface area contributed by atoms with Crippen molar-refractivity contribution in [3.63, 3.8) is 0 Å². The largest absolute Gasteiger partial charge is 0.360 e. The molecule has 1 aromatic rings. The number of carbonyl (C=O) groups is 2. The molecule has 4 heterocycles. The minimum atomic E-state index is -0.643. The molecule has 1 unspecified atom stereocenters. The topological polar surface area (TPSA) is 71.5 Å². The van der Waals surface area contributed by atoms with Crippen molar-refractivity contribution in [1.82, 2.24) is 15.2 Å². The van der Waals surface area contributed by atoms with Crippen LogP contribution in [0.3, 0.4) is 0 Å². The zero-order valence-corrected chi connectivity index (χ0v) is 16.0. The molecule has 1 saturated carbocycles. The number of nitrogens with zero attached hydrogens (tertiary/aromatic N) is 2. The van der Waals surface area contributed by atoms with Gasteiger partial charge in [0.15, 0.2) is 0 Å². The van der Waals surface area contributed by atoms with Crippen LogP contribution in [0, 0.1) is 11.8 Å². The molecule has 3 aliphatic heterocycles. The van der Waals surface area contributed by atoms with Crippen LogP contribution in [0.2, 0.25) is 0 Å². The maximum atomic E-state index is 13.2. The molecule has 4 aliphatic rings. The van der Waals surface area contributed by atoms with Gasteiger partial charge in [-0.05, 0) is 24.5 Å². The first-order valence-electron chi connectivity index (χ1n) is 10.5. The number of ether oxygens (including phenoxy) is 1. The molecule has 2 bridgehead atoms. The summed E-state index contributed by atoms with van der Waals surface area (Å²) < 4.78 is 6.22. The second-order valence-corrected chi connectivity index (χ2v) is 8.65. The lowest BCUT2D eigenvalue weighted by Crippen LogP contribution is -2.47. The van der Waals surface area contributed by atoms with Gasteiger partial charge in [-0.25, -0.2) is 0 Å². The van der Waals surface area contributed by atoms with Gasteiger partial charge in [-0.3, -0.25) is 14.6 Å². The predicted octanol–water partition coefficient (Wildman–Crippen LogP) is 2.20. The first-order chi connectivity index (χ1) is 13.7. The van der Waals surface area contributed by atoms with Crippen LogP contribution in [0.15, 0.2) is 36.7 Å². The standard InChI is InChI=1S/C22H27N3O3/c26-20(24-16-7-3-1-2-4-8-16)18-17-9-10-22(28-17)14-25(21(27)19(18)22)13-15-6-5-11-23-12-15/h5-6,9-12,16-19H,1-4,7-8,13-14H2,(H,24,26)/t17-,18+,19-,22?/m0/s1. The van der Waals surface area contributed by atoms with E-state index in [9.17, 15) is 9.59 Å². The van der Waals surface area contributed by atoms with Gasteiger partial charge < -0.3 is 15.0 Å². The summed E-state index contributed by atoms with van der Waals surface area (Å²) in [5.74, 6) is -0.814. The summed E-state index contributed by atoms with van der Waals surface area (Å²) in [7, 11) is 0. The molecule has 28 heavy (non-hydrogen) atoms. The van der Waals surface area contributed by atoms with Crippen molar-refractivity contribution in [1.29, 1.82) is 0 Å². The monoisotopic (exact) mass is 381 g/mol. The Morgan fingerprint density at radius 1 is 1.29 bits per heavy atom. The van der Waals surface area contributed by atoms with E-state index in [0.29, 0.717) is 13.1 Å². The van der Waals surface area contributed by atoms with Gasteiger partial charge in [0.05, 0.1) is 24.5 Å². The van der Waals surface area contributed by atoms with Gasteiger partial charge in [0.25, 0.3) is 0 Å². The first kappa shape index (κ1) is 17.9. The minimum Gasteiger partial charge on any atom is -0.360 e. The SMILES string of the molecule is O=C(NC1CCCCCC1)[C@@H]1[C@@H]2C=CC3(CN(Cc4cccnc4)C(=O)[C@H]13)O2. The molecule has 5 rings (SSSR count). The number of rotatable bonds is 4. The van der Waals surface area contributed by atoms with Crippen molar-refractivity contribution in [2.75, 3.05) is 6.54 Å². The van der Waals surface area contributed by atoms with Crippen LogP contribution in [0.5, 0.6) is 0 Å². The molecule has 1 aromatic heterocycles. The number of pyridine rings is 1. The zero-order valence-electron chi connectivity index (χ0n) is 16.0. The summed E-state index contributed by atoms with van der Waals surface area (Å²) in [6.45, 7) is 1.01. The maximum absolute atomic E-state index is 13.2. The lowest BCUT2D eigenvalue weighted by molar-refractivity contribution is -0.138. The number of aromatic nitrogens is 1. The minimum absolute atomic E-state index is 0.00953. The average molecular weight is 381 g/mol. The van der Waals surface area contributed by atoms with Crippen LogP contribution in [-0.2, 0) is 20.9 Å². The van der Waals surface area contributed by atoms with E-state index in [-0.39, 0.29) is 24.0 Å². The summed E-state index contributed by atoms with van der Waals surface area (Å²) in [5, 5.41) is 3.25. The Kier molecular flexibility index (Phi) is 4.46. The van der Waals surface area contributed by atoms with E-state index in [0.717, 1.165) is 18.4 Å². The summed E-state index contributed by atoms with van der Waals surface area (Å²) >= 11 is 0. The molecule has 6 heteroatoms. The second-order valence-electron chi connectivity index (χ2n) is 8.65. The number of hydrogen-bond donors (Lipinski definition) is 1. The van der Waals surface area contributed by atoms with E-state index < -0.39 is 17.4 Å². The van der Waals surface area contributed by atoms with Crippen molar-refractivity contribution in [3.8, 4) is 0 Å². The van der Waals surface area contributed by atoms with Crippen LogP contribution in [-0.4, -0.2) is 46.0 Å². The smallest absolute Gasteiger partial charge is 0.230 e. The third-order valence-corrected chi connectivity index (χ3v) is 6.78. The van der Waals surface area contributed by atoms with E-state index in [1.54, 1.807) is 12.4 Å². The van der Waals surface area contributed by atoms with E-state index in [1.807, 2.05) is 29.2 Å². The quantitative estimate of drug-likeness (QED) is 0.641. The van der Waals surface area contributed by atoms with E-state index in [2.05, 4.69) is 10.3 Å². The Morgan fingerprint density at radius 2 is 2.11 bits per heavy atom. The van der Waals surface area contributed by atoms with Gasteiger partial charge in [-0.1, -0.05) is 43.9 Å². The normalized spacial score (nSPS) is 34.5. The molecule has 6 nitrogen and oxygen atoms in total. The summed E-state index contributed by atoms with van der Waals surface area (Å²) in [6, 6.07) is 4.08. The van der Waals surface area contributed by atoms with Gasteiger partial charge in [-0.2, -0.15) is 0 Å². The molecule has 0 aromatic carbocycles. The van der Waals surface area contributed by atoms with Gasteiger partial charge in [0.2, 0.25) is 11.8 Å². The first-order valence-corrected chi connectivity index (χ1v) is 10.5. The average Bonchev–Trinajstić information content (AvgIpc) is 3.24.